The lowest BCUT2D eigenvalue weighted by Crippen LogP contribution is -2.35. The van der Waals surface area contributed by atoms with Crippen molar-refractivity contribution in [2.45, 2.75) is 25.8 Å². The van der Waals surface area contributed by atoms with Crippen LogP contribution in [0.25, 0.3) is 0 Å². The molecule has 1 atom stereocenters. The monoisotopic (exact) mass is 184 g/mol. The number of nitrogens with zero attached hydrogens (tertiary/aromatic N) is 2. The lowest BCUT2D eigenvalue weighted by atomic mass is 9.91. The molecule has 0 aromatic rings. The van der Waals surface area contributed by atoms with Gasteiger partial charge in [0.1, 0.15) is 0 Å². The Bertz CT molecular complexity index is 178. The van der Waals surface area contributed by atoms with E-state index in [2.05, 4.69) is 23.9 Å². The topological polar surface area (TPSA) is 67.6 Å². The van der Waals surface area contributed by atoms with Crippen molar-refractivity contribution >= 4 is 5.96 Å². The van der Waals surface area contributed by atoms with E-state index in [0.29, 0.717) is 5.92 Å². The molecule has 1 aliphatic rings. The second-order valence-electron chi connectivity index (χ2n) is 3.94. The molecule has 4 nitrogen and oxygen atoms in total. The first-order chi connectivity index (χ1) is 6.09. The summed E-state index contributed by atoms with van der Waals surface area (Å²) in [6, 6.07) is 0.277. The number of likely N-dealkylation sites (tertiary alicyclic amines) is 1. The molecule has 0 aromatic heterocycles. The molecular weight excluding hydrogens is 164 g/mol. The summed E-state index contributed by atoms with van der Waals surface area (Å²) in [5.74, 6) is 0.865. The van der Waals surface area contributed by atoms with Gasteiger partial charge in [-0.05, 0) is 45.8 Å². The van der Waals surface area contributed by atoms with Gasteiger partial charge >= 0.3 is 0 Å². The molecule has 1 heterocycles. The van der Waals surface area contributed by atoms with E-state index in [0.717, 1.165) is 13.1 Å². The van der Waals surface area contributed by atoms with Crippen LogP contribution in [0.2, 0.25) is 0 Å². The maximum absolute atomic E-state index is 5.34. The van der Waals surface area contributed by atoms with E-state index in [-0.39, 0.29) is 12.0 Å². The standard InChI is InChI=1S/C9H20N4/c1-7(12-9(10)11)8-3-5-13(2)6-4-8/h7-8H,3-6H2,1-2H3,(H4,10,11,12). The van der Waals surface area contributed by atoms with Crippen LogP contribution in [0, 0.1) is 5.92 Å². The average Bonchev–Trinajstić information content (AvgIpc) is 2.04. The molecule has 0 bridgehead atoms. The second-order valence-corrected chi connectivity index (χ2v) is 3.94. The Morgan fingerprint density at radius 3 is 2.38 bits per heavy atom. The highest BCUT2D eigenvalue weighted by Gasteiger charge is 2.21. The van der Waals surface area contributed by atoms with Crippen LogP contribution in [0.1, 0.15) is 19.8 Å². The molecular formula is C9H20N4. The van der Waals surface area contributed by atoms with Crippen molar-refractivity contribution in [2.75, 3.05) is 20.1 Å². The third-order valence-corrected chi connectivity index (χ3v) is 2.80. The van der Waals surface area contributed by atoms with Gasteiger partial charge in [0, 0.05) is 0 Å². The normalized spacial score (nSPS) is 22.6. The number of guanidine groups is 1. The maximum atomic E-state index is 5.34. The van der Waals surface area contributed by atoms with Crippen molar-refractivity contribution in [3.8, 4) is 0 Å². The Morgan fingerprint density at radius 1 is 1.38 bits per heavy atom. The van der Waals surface area contributed by atoms with Gasteiger partial charge in [0.05, 0.1) is 6.04 Å². The van der Waals surface area contributed by atoms with Crippen LogP contribution in [0.4, 0.5) is 0 Å². The quantitative estimate of drug-likeness (QED) is 0.468. The number of nitrogens with two attached hydrogens (primary N) is 2. The molecule has 1 saturated heterocycles. The molecule has 0 radical (unpaired) electrons. The average molecular weight is 184 g/mol. The fourth-order valence-electron chi connectivity index (χ4n) is 1.85. The summed E-state index contributed by atoms with van der Waals surface area (Å²) >= 11 is 0. The molecule has 1 rings (SSSR count). The van der Waals surface area contributed by atoms with E-state index in [4.69, 9.17) is 11.5 Å². The first kappa shape index (κ1) is 10.3. The van der Waals surface area contributed by atoms with E-state index >= 15 is 0 Å². The van der Waals surface area contributed by atoms with Crippen molar-refractivity contribution in [3.05, 3.63) is 0 Å². The third-order valence-electron chi connectivity index (χ3n) is 2.80. The second kappa shape index (κ2) is 4.46. The Kier molecular flexibility index (Phi) is 3.54. The zero-order chi connectivity index (χ0) is 9.84. The first-order valence-corrected chi connectivity index (χ1v) is 4.87. The largest absolute Gasteiger partial charge is 0.370 e. The Morgan fingerprint density at radius 2 is 1.92 bits per heavy atom. The molecule has 1 unspecified atom stereocenters. The number of rotatable bonds is 2. The van der Waals surface area contributed by atoms with E-state index < -0.39 is 0 Å². The van der Waals surface area contributed by atoms with Gasteiger partial charge in [0.25, 0.3) is 0 Å². The minimum atomic E-state index is 0.214. The highest BCUT2D eigenvalue weighted by molar-refractivity contribution is 5.75. The summed E-state index contributed by atoms with van der Waals surface area (Å²) in [6.07, 6.45) is 2.41. The smallest absolute Gasteiger partial charge is 0.186 e. The first-order valence-electron chi connectivity index (χ1n) is 4.87. The Hall–Kier alpha value is -0.770. The van der Waals surface area contributed by atoms with Crippen LogP contribution < -0.4 is 11.5 Å². The van der Waals surface area contributed by atoms with Gasteiger partial charge in [0.2, 0.25) is 0 Å². The van der Waals surface area contributed by atoms with E-state index in [9.17, 15) is 0 Å². The van der Waals surface area contributed by atoms with Gasteiger partial charge in [-0.2, -0.15) is 0 Å². The fraction of sp³-hybridized carbons (Fsp3) is 0.889. The number of hydrogen-bond donors (Lipinski definition) is 2. The molecule has 0 amide bonds. The van der Waals surface area contributed by atoms with Crippen LogP contribution >= 0.6 is 0 Å². The Balaban J connectivity index is 2.40. The molecule has 0 aliphatic carbocycles. The summed E-state index contributed by atoms with van der Waals surface area (Å²) < 4.78 is 0. The molecule has 0 spiro atoms. The van der Waals surface area contributed by atoms with Crippen LogP contribution in [0.3, 0.4) is 0 Å². The molecule has 13 heavy (non-hydrogen) atoms. The van der Waals surface area contributed by atoms with Crippen LogP contribution in [0.15, 0.2) is 4.99 Å². The van der Waals surface area contributed by atoms with Crippen molar-refractivity contribution in [3.63, 3.8) is 0 Å². The minimum absolute atomic E-state index is 0.214. The van der Waals surface area contributed by atoms with Gasteiger partial charge in [-0.1, -0.05) is 0 Å². The predicted molar refractivity (Wildman–Crippen MR) is 55.5 cm³/mol. The molecule has 4 heteroatoms. The van der Waals surface area contributed by atoms with Gasteiger partial charge in [-0.3, -0.25) is 4.99 Å². The van der Waals surface area contributed by atoms with E-state index in [1.165, 1.54) is 12.8 Å². The van der Waals surface area contributed by atoms with Crippen molar-refractivity contribution in [2.24, 2.45) is 22.4 Å². The molecule has 1 aliphatic heterocycles. The predicted octanol–water partition coefficient (Wildman–Crippen LogP) is -0.00990. The fourth-order valence-corrected chi connectivity index (χ4v) is 1.85. The van der Waals surface area contributed by atoms with Gasteiger partial charge in [-0.25, -0.2) is 0 Å². The van der Waals surface area contributed by atoms with Gasteiger partial charge < -0.3 is 16.4 Å². The van der Waals surface area contributed by atoms with Crippen LogP contribution in [0.5, 0.6) is 0 Å². The van der Waals surface area contributed by atoms with Crippen molar-refractivity contribution < 1.29 is 0 Å². The zero-order valence-electron chi connectivity index (χ0n) is 8.53. The number of aliphatic imine (C=N–C) groups is 1. The van der Waals surface area contributed by atoms with E-state index in [1.54, 1.807) is 0 Å². The summed E-state index contributed by atoms with van der Waals surface area (Å²) in [7, 11) is 2.15. The third kappa shape index (κ3) is 3.22. The van der Waals surface area contributed by atoms with Crippen molar-refractivity contribution in [1.82, 2.24) is 4.90 Å². The lowest BCUT2D eigenvalue weighted by Gasteiger charge is -2.31. The number of hydrogen-bond acceptors (Lipinski definition) is 2. The maximum Gasteiger partial charge on any atom is 0.186 e. The number of piperidine rings is 1. The Labute approximate surface area is 80.0 Å². The van der Waals surface area contributed by atoms with Gasteiger partial charge in [0.15, 0.2) is 5.96 Å². The minimum Gasteiger partial charge on any atom is -0.370 e. The molecule has 76 valence electrons. The highest BCUT2D eigenvalue weighted by Crippen LogP contribution is 2.21. The highest BCUT2D eigenvalue weighted by atomic mass is 15.1. The van der Waals surface area contributed by atoms with Crippen molar-refractivity contribution in [1.29, 1.82) is 0 Å². The molecule has 0 aromatic carbocycles. The summed E-state index contributed by atoms with van der Waals surface area (Å²) in [4.78, 5) is 6.53. The SMILES string of the molecule is CC(N=C(N)N)C1CCN(C)CC1. The van der Waals surface area contributed by atoms with E-state index in [1.807, 2.05) is 0 Å². The van der Waals surface area contributed by atoms with Gasteiger partial charge in [-0.15, -0.1) is 0 Å². The zero-order valence-corrected chi connectivity index (χ0v) is 8.53. The molecule has 4 N–H and O–H groups in total. The van der Waals surface area contributed by atoms with Crippen LogP contribution in [-0.4, -0.2) is 37.0 Å². The lowest BCUT2D eigenvalue weighted by molar-refractivity contribution is 0.204. The molecule has 0 saturated carbocycles. The summed E-state index contributed by atoms with van der Waals surface area (Å²) in [5, 5.41) is 0. The molecule has 1 fully saturated rings. The summed E-state index contributed by atoms with van der Waals surface area (Å²) in [6.45, 7) is 4.42. The summed E-state index contributed by atoms with van der Waals surface area (Å²) in [5.41, 5.74) is 10.7. The van der Waals surface area contributed by atoms with Crippen LogP contribution in [-0.2, 0) is 0 Å².